The minimum atomic E-state index is -3.50. The molecule has 0 spiro atoms. The van der Waals surface area contributed by atoms with Crippen LogP contribution < -0.4 is 5.32 Å². The van der Waals surface area contributed by atoms with E-state index in [2.05, 4.69) is 25.3 Å². The molecule has 1 saturated heterocycles. The van der Waals surface area contributed by atoms with Crippen molar-refractivity contribution in [2.24, 2.45) is 0 Å². The zero-order valence-electron chi connectivity index (χ0n) is 14.3. The van der Waals surface area contributed by atoms with Gasteiger partial charge in [-0.2, -0.15) is 4.98 Å². The van der Waals surface area contributed by atoms with Gasteiger partial charge in [0.25, 0.3) is 5.89 Å². The third-order valence-corrected chi connectivity index (χ3v) is 5.25. The summed E-state index contributed by atoms with van der Waals surface area (Å²) in [5.41, 5.74) is 0.972. The van der Waals surface area contributed by atoms with E-state index < -0.39 is 9.84 Å². The van der Waals surface area contributed by atoms with Crippen LogP contribution in [-0.4, -0.2) is 65.8 Å². The number of likely N-dealkylation sites (N-methyl/N-ethyl adjacent to an activating group) is 1. The Morgan fingerprint density at radius 2 is 2.12 bits per heavy atom. The monoisotopic (exact) mass is 398 g/mol. The fourth-order valence-corrected chi connectivity index (χ4v) is 3.76. The van der Waals surface area contributed by atoms with E-state index in [1.165, 1.54) is 4.40 Å². The van der Waals surface area contributed by atoms with Crippen LogP contribution in [0.1, 0.15) is 11.9 Å². The van der Waals surface area contributed by atoms with Crippen LogP contribution in [0.15, 0.2) is 34.1 Å². The summed E-state index contributed by atoms with van der Waals surface area (Å²) < 4.78 is 31.0. The van der Waals surface area contributed by atoms with E-state index in [1.807, 2.05) is 13.1 Å². The first kappa shape index (κ1) is 18.8. The molecule has 4 rings (SSSR count). The number of imidazole rings is 1. The van der Waals surface area contributed by atoms with Gasteiger partial charge in [-0.15, -0.1) is 12.4 Å². The minimum Gasteiger partial charge on any atom is -0.332 e. The summed E-state index contributed by atoms with van der Waals surface area (Å²) in [5.74, 6) is 0.773. The van der Waals surface area contributed by atoms with Crippen molar-refractivity contribution < 1.29 is 12.9 Å². The number of nitrogens with one attached hydrogen (secondary N) is 1. The van der Waals surface area contributed by atoms with Crippen molar-refractivity contribution in [3.05, 3.63) is 30.2 Å². The summed E-state index contributed by atoms with van der Waals surface area (Å²) in [7, 11) is -1.49. The Morgan fingerprint density at radius 3 is 2.85 bits per heavy atom. The number of aromatic nitrogens is 4. The Labute approximate surface area is 156 Å². The Balaban J connectivity index is 0.00000196. The van der Waals surface area contributed by atoms with E-state index in [0.717, 1.165) is 25.9 Å². The third-order valence-electron chi connectivity index (χ3n) is 4.30. The molecule has 26 heavy (non-hydrogen) atoms. The molecule has 1 atom stereocenters. The van der Waals surface area contributed by atoms with Crippen LogP contribution in [0.25, 0.3) is 17.1 Å². The van der Waals surface area contributed by atoms with Gasteiger partial charge in [0.15, 0.2) is 11.5 Å². The molecule has 3 aromatic heterocycles. The predicted molar refractivity (Wildman–Crippen MR) is 97.1 cm³/mol. The summed E-state index contributed by atoms with van der Waals surface area (Å²) in [5, 5.41) is 7.34. The van der Waals surface area contributed by atoms with E-state index in [1.54, 1.807) is 18.3 Å². The lowest BCUT2D eigenvalue weighted by Crippen LogP contribution is -2.44. The van der Waals surface area contributed by atoms with Gasteiger partial charge < -0.3 is 9.84 Å². The van der Waals surface area contributed by atoms with E-state index in [9.17, 15) is 8.42 Å². The Hall–Kier alpha value is -2.01. The summed E-state index contributed by atoms with van der Waals surface area (Å²) in [4.78, 5) is 10.9. The summed E-state index contributed by atoms with van der Waals surface area (Å²) in [6.45, 7) is 2.54. The molecule has 140 valence electrons. The van der Waals surface area contributed by atoms with Gasteiger partial charge in [0, 0.05) is 32.1 Å². The molecule has 0 aliphatic carbocycles. The fourth-order valence-electron chi connectivity index (χ4n) is 2.99. The average Bonchev–Trinajstić information content (AvgIpc) is 3.19. The van der Waals surface area contributed by atoms with Crippen molar-refractivity contribution in [3.63, 3.8) is 0 Å². The molecular formula is C15H19ClN6O3S. The normalized spacial score (nSPS) is 18.8. The van der Waals surface area contributed by atoms with Gasteiger partial charge in [-0.25, -0.2) is 13.4 Å². The first-order valence-electron chi connectivity index (χ1n) is 7.87. The zero-order chi connectivity index (χ0) is 17.6. The molecule has 4 heterocycles. The second kappa shape index (κ2) is 6.95. The lowest BCUT2D eigenvalue weighted by Gasteiger charge is -2.30. The SMILES string of the molecule is CN1CCNCC1c1noc(-c2nc(S(C)(=O)=O)n3ccccc23)n1.Cl. The second-order valence-corrected chi connectivity index (χ2v) is 8.04. The minimum absolute atomic E-state index is 0. The van der Waals surface area contributed by atoms with Gasteiger partial charge >= 0.3 is 0 Å². The molecule has 1 N–H and O–H groups in total. The molecule has 9 nitrogen and oxygen atoms in total. The predicted octanol–water partition coefficient (Wildman–Crippen LogP) is 0.786. The highest BCUT2D eigenvalue weighted by Gasteiger charge is 2.28. The highest BCUT2D eigenvalue weighted by Crippen LogP contribution is 2.27. The van der Waals surface area contributed by atoms with Gasteiger partial charge in [0.05, 0.1) is 11.6 Å². The first-order valence-corrected chi connectivity index (χ1v) is 9.76. The summed E-state index contributed by atoms with van der Waals surface area (Å²) >= 11 is 0. The van der Waals surface area contributed by atoms with Gasteiger partial charge in [-0.3, -0.25) is 9.30 Å². The number of rotatable bonds is 3. The molecule has 0 bridgehead atoms. The van der Waals surface area contributed by atoms with Gasteiger partial charge in [-0.1, -0.05) is 11.2 Å². The van der Waals surface area contributed by atoms with Crippen molar-refractivity contribution in [2.75, 3.05) is 32.9 Å². The van der Waals surface area contributed by atoms with Crippen molar-refractivity contribution in [2.45, 2.75) is 11.2 Å². The van der Waals surface area contributed by atoms with Crippen LogP contribution in [0.4, 0.5) is 0 Å². The number of sulfone groups is 1. The number of pyridine rings is 1. The van der Waals surface area contributed by atoms with Crippen molar-refractivity contribution >= 4 is 27.8 Å². The topological polar surface area (TPSA) is 106 Å². The molecule has 0 amide bonds. The highest BCUT2D eigenvalue weighted by atomic mass is 35.5. The molecule has 1 aliphatic rings. The first-order chi connectivity index (χ1) is 11.9. The van der Waals surface area contributed by atoms with Gasteiger partial charge in [0.2, 0.25) is 15.0 Å². The second-order valence-electron chi connectivity index (χ2n) is 6.13. The van der Waals surface area contributed by atoms with Crippen LogP contribution in [0.2, 0.25) is 0 Å². The quantitative estimate of drug-likeness (QED) is 0.690. The largest absolute Gasteiger partial charge is 0.332 e. The van der Waals surface area contributed by atoms with Crippen LogP contribution >= 0.6 is 12.4 Å². The molecule has 0 saturated carbocycles. The molecule has 1 unspecified atom stereocenters. The van der Waals surface area contributed by atoms with E-state index in [-0.39, 0.29) is 29.5 Å². The van der Waals surface area contributed by atoms with E-state index in [0.29, 0.717) is 17.0 Å². The highest BCUT2D eigenvalue weighted by molar-refractivity contribution is 7.90. The maximum absolute atomic E-state index is 12.0. The van der Waals surface area contributed by atoms with Crippen molar-refractivity contribution in [3.8, 4) is 11.6 Å². The van der Waals surface area contributed by atoms with Gasteiger partial charge in [0.1, 0.15) is 0 Å². The lowest BCUT2D eigenvalue weighted by molar-refractivity contribution is 0.190. The van der Waals surface area contributed by atoms with Gasteiger partial charge in [-0.05, 0) is 19.2 Å². The van der Waals surface area contributed by atoms with Crippen LogP contribution in [-0.2, 0) is 9.84 Å². The maximum atomic E-state index is 12.0. The molecular weight excluding hydrogens is 380 g/mol. The number of piperazine rings is 1. The standard InChI is InChI=1S/C15H18N6O3S.ClH/c1-20-8-6-16-9-11(20)13-18-14(24-19-13)12-10-5-3-4-7-21(10)15(17-12)25(2,22)23;/h3-5,7,11,16H,6,8-9H2,1-2H3;1H. The third kappa shape index (κ3) is 3.20. The molecule has 11 heteroatoms. The lowest BCUT2D eigenvalue weighted by atomic mass is 10.2. The Bertz CT molecular complexity index is 1030. The van der Waals surface area contributed by atoms with Crippen LogP contribution in [0, 0.1) is 0 Å². The van der Waals surface area contributed by atoms with E-state index in [4.69, 9.17) is 4.52 Å². The molecule has 1 fully saturated rings. The molecule has 0 aromatic carbocycles. The fraction of sp³-hybridized carbons (Fsp3) is 0.400. The van der Waals surface area contributed by atoms with Crippen LogP contribution in [0.5, 0.6) is 0 Å². The van der Waals surface area contributed by atoms with Crippen molar-refractivity contribution in [1.29, 1.82) is 0 Å². The number of nitrogens with zero attached hydrogens (tertiary/aromatic N) is 5. The Kier molecular flexibility index (Phi) is 5.02. The number of fused-ring (bicyclic) bond motifs is 1. The molecule has 0 radical (unpaired) electrons. The van der Waals surface area contributed by atoms with Crippen molar-refractivity contribution in [1.82, 2.24) is 29.7 Å². The van der Waals surface area contributed by atoms with E-state index >= 15 is 0 Å². The maximum Gasteiger partial charge on any atom is 0.278 e. The molecule has 1 aliphatic heterocycles. The van der Waals surface area contributed by atoms with Crippen LogP contribution in [0.3, 0.4) is 0 Å². The smallest absolute Gasteiger partial charge is 0.278 e. The summed E-state index contributed by atoms with van der Waals surface area (Å²) in [6, 6.07) is 5.34. The average molecular weight is 399 g/mol. The Morgan fingerprint density at radius 1 is 1.31 bits per heavy atom. The number of halogens is 1. The zero-order valence-corrected chi connectivity index (χ0v) is 15.9. The number of hydrogen-bond donors (Lipinski definition) is 1. The summed E-state index contributed by atoms with van der Waals surface area (Å²) in [6.07, 6.45) is 2.78. The number of hydrogen-bond acceptors (Lipinski definition) is 8. The molecule has 3 aromatic rings.